The van der Waals surface area contributed by atoms with E-state index in [-0.39, 0.29) is 5.97 Å². The van der Waals surface area contributed by atoms with E-state index in [0.717, 1.165) is 25.9 Å². The van der Waals surface area contributed by atoms with Crippen LogP contribution >= 0.6 is 0 Å². The van der Waals surface area contributed by atoms with Gasteiger partial charge in [0, 0.05) is 12.6 Å². The number of esters is 1. The molecule has 0 aliphatic carbocycles. The number of carbonyl (C=O) groups is 1. The van der Waals surface area contributed by atoms with Crippen LogP contribution < -0.4 is 5.32 Å². The number of piperidine rings is 1. The number of methoxy groups -OCH3 is 1. The second-order valence-corrected chi connectivity index (χ2v) is 5.54. The van der Waals surface area contributed by atoms with Gasteiger partial charge in [0.05, 0.1) is 7.11 Å². The van der Waals surface area contributed by atoms with Gasteiger partial charge in [0.15, 0.2) is 0 Å². The van der Waals surface area contributed by atoms with Crippen molar-refractivity contribution in [3.63, 3.8) is 0 Å². The van der Waals surface area contributed by atoms with Crippen molar-refractivity contribution in [3.05, 3.63) is 0 Å². The fourth-order valence-electron chi connectivity index (χ4n) is 2.51. The van der Waals surface area contributed by atoms with E-state index >= 15 is 0 Å². The first-order valence-corrected chi connectivity index (χ1v) is 6.59. The van der Waals surface area contributed by atoms with Crippen molar-refractivity contribution in [2.75, 3.05) is 47.9 Å². The molecule has 1 aliphatic heterocycles. The standard InChI is InChI=1S/C13H27N3O2/c1-13(14-2,12(17)18-5)10-16-8-6-11(7-9-16)15(3)4/h11,14H,6-10H2,1-5H3. The molecule has 0 aromatic carbocycles. The van der Waals surface area contributed by atoms with Crippen LogP contribution in [-0.2, 0) is 9.53 Å². The van der Waals surface area contributed by atoms with E-state index in [9.17, 15) is 4.79 Å². The highest BCUT2D eigenvalue weighted by molar-refractivity contribution is 5.80. The molecule has 1 atom stereocenters. The molecule has 0 aromatic rings. The fourth-order valence-corrected chi connectivity index (χ4v) is 2.51. The Bertz CT molecular complexity index is 275. The minimum atomic E-state index is -0.611. The van der Waals surface area contributed by atoms with Crippen LogP contribution in [0.1, 0.15) is 19.8 Å². The maximum atomic E-state index is 11.8. The molecule has 1 saturated heterocycles. The number of nitrogens with zero attached hydrogens (tertiary/aromatic N) is 2. The first kappa shape index (κ1) is 15.4. The summed E-state index contributed by atoms with van der Waals surface area (Å²) in [6.45, 7) is 4.68. The average molecular weight is 257 g/mol. The van der Waals surface area contributed by atoms with Crippen molar-refractivity contribution >= 4 is 5.97 Å². The Morgan fingerprint density at radius 3 is 2.39 bits per heavy atom. The molecule has 1 rings (SSSR count). The predicted octanol–water partition coefficient (Wildman–Crippen LogP) is 0.164. The number of ether oxygens (including phenoxy) is 1. The monoisotopic (exact) mass is 257 g/mol. The molecule has 0 aromatic heterocycles. The summed E-state index contributed by atoms with van der Waals surface area (Å²) in [7, 11) is 7.51. The number of likely N-dealkylation sites (tertiary alicyclic amines) is 1. The third-order valence-corrected chi connectivity index (χ3v) is 4.01. The van der Waals surface area contributed by atoms with Crippen LogP contribution in [0, 0.1) is 0 Å². The Labute approximate surface area is 110 Å². The summed E-state index contributed by atoms with van der Waals surface area (Å²) in [4.78, 5) is 16.4. The van der Waals surface area contributed by atoms with Crippen molar-refractivity contribution in [2.45, 2.75) is 31.3 Å². The van der Waals surface area contributed by atoms with Gasteiger partial charge in [0.2, 0.25) is 0 Å². The molecule has 0 radical (unpaired) electrons. The van der Waals surface area contributed by atoms with Crippen LogP contribution in [0.2, 0.25) is 0 Å². The van der Waals surface area contributed by atoms with Crippen LogP contribution in [0.3, 0.4) is 0 Å². The Balaban J connectivity index is 2.51. The molecule has 1 aliphatic rings. The Morgan fingerprint density at radius 2 is 2.00 bits per heavy atom. The lowest BCUT2D eigenvalue weighted by Crippen LogP contribution is -2.57. The summed E-state index contributed by atoms with van der Waals surface area (Å²) >= 11 is 0. The molecular formula is C13H27N3O2. The van der Waals surface area contributed by atoms with Crippen molar-refractivity contribution < 1.29 is 9.53 Å². The highest BCUT2D eigenvalue weighted by Gasteiger charge is 2.35. The second-order valence-electron chi connectivity index (χ2n) is 5.54. The molecule has 0 amide bonds. The van der Waals surface area contributed by atoms with Gasteiger partial charge in [-0.2, -0.15) is 0 Å². The minimum absolute atomic E-state index is 0.195. The average Bonchev–Trinajstić information content (AvgIpc) is 2.38. The first-order valence-electron chi connectivity index (χ1n) is 6.59. The summed E-state index contributed by atoms with van der Waals surface area (Å²) in [5.74, 6) is -0.195. The number of carbonyl (C=O) groups excluding carboxylic acids is 1. The van der Waals surface area contributed by atoms with Gasteiger partial charge >= 0.3 is 5.97 Å². The molecule has 1 N–H and O–H groups in total. The third-order valence-electron chi connectivity index (χ3n) is 4.01. The summed E-state index contributed by atoms with van der Waals surface area (Å²) in [6, 6.07) is 0.667. The van der Waals surface area contributed by atoms with E-state index in [1.54, 1.807) is 0 Å². The van der Waals surface area contributed by atoms with Gasteiger partial charge < -0.3 is 19.9 Å². The van der Waals surface area contributed by atoms with Crippen LogP contribution in [-0.4, -0.2) is 75.2 Å². The SMILES string of the molecule is CNC(C)(CN1CCC(N(C)C)CC1)C(=O)OC. The molecule has 0 saturated carbocycles. The molecule has 106 valence electrons. The Kier molecular flexibility index (Phi) is 5.56. The summed E-state index contributed by atoms with van der Waals surface area (Å²) < 4.78 is 4.87. The van der Waals surface area contributed by atoms with Gasteiger partial charge in [-0.15, -0.1) is 0 Å². The highest BCUT2D eigenvalue weighted by atomic mass is 16.5. The Morgan fingerprint density at radius 1 is 1.44 bits per heavy atom. The number of nitrogens with one attached hydrogen (secondary N) is 1. The van der Waals surface area contributed by atoms with E-state index in [4.69, 9.17) is 4.74 Å². The molecule has 0 bridgehead atoms. The molecule has 1 heterocycles. The topological polar surface area (TPSA) is 44.8 Å². The summed E-state index contributed by atoms with van der Waals surface area (Å²) in [5.41, 5.74) is -0.611. The van der Waals surface area contributed by atoms with Gasteiger partial charge in [-0.25, -0.2) is 0 Å². The molecule has 5 nitrogen and oxygen atoms in total. The van der Waals surface area contributed by atoms with Crippen molar-refractivity contribution in [3.8, 4) is 0 Å². The predicted molar refractivity (Wildman–Crippen MR) is 72.6 cm³/mol. The molecule has 18 heavy (non-hydrogen) atoms. The highest BCUT2D eigenvalue weighted by Crippen LogP contribution is 2.17. The van der Waals surface area contributed by atoms with Crippen molar-refractivity contribution in [1.29, 1.82) is 0 Å². The molecule has 0 spiro atoms. The zero-order valence-electron chi connectivity index (χ0n) is 12.3. The molecule has 1 fully saturated rings. The van der Waals surface area contributed by atoms with Gasteiger partial charge in [0.1, 0.15) is 5.54 Å². The van der Waals surface area contributed by atoms with Gasteiger partial charge in [-0.3, -0.25) is 4.79 Å². The zero-order chi connectivity index (χ0) is 13.8. The Hall–Kier alpha value is -0.650. The van der Waals surface area contributed by atoms with E-state index in [1.807, 2.05) is 14.0 Å². The molecule has 5 heteroatoms. The quantitative estimate of drug-likeness (QED) is 0.711. The largest absolute Gasteiger partial charge is 0.468 e. The van der Waals surface area contributed by atoms with E-state index in [0.29, 0.717) is 12.6 Å². The van der Waals surface area contributed by atoms with Crippen molar-refractivity contribution in [1.82, 2.24) is 15.1 Å². The van der Waals surface area contributed by atoms with Crippen LogP contribution in [0.15, 0.2) is 0 Å². The lowest BCUT2D eigenvalue weighted by Gasteiger charge is -2.39. The van der Waals surface area contributed by atoms with Gasteiger partial charge in [0.25, 0.3) is 0 Å². The maximum Gasteiger partial charge on any atom is 0.327 e. The summed E-state index contributed by atoms with van der Waals surface area (Å²) in [6.07, 6.45) is 2.32. The molecular weight excluding hydrogens is 230 g/mol. The maximum absolute atomic E-state index is 11.8. The minimum Gasteiger partial charge on any atom is -0.468 e. The summed E-state index contributed by atoms with van der Waals surface area (Å²) in [5, 5.41) is 3.08. The van der Waals surface area contributed by atoms with Crippen LogP contribution in [0.4, 0.5) is 0 Å². The lowest BCUT2D eigenvalue weighted by molar-refractivity contribution is -0.148. The smallest absolute Gasteiger partial charge is 0.327 e. The number of hydrogen-bond acceptors (Lipinski definition) is 5. The van der Waals surface area contributed by atoms with Gasteiger partial charge in [-0.1, -0.05) is 0 Å². The molecule has 1 unspecified atom stereocenters. The normalized spacial score (nSPS) is 21.9. The second kappa shape index (κ2) is 6.50. The fraction of sp³-hybridized carbons (Fsp3) is 0.923. The lowest BCUT2D eigenvalue weighted by atomic mass is 9.98. The third kappa shape index (κ3) is 3.67. The van der Waals surface area contributed by atoms with Gasteiger partial charge in [-0.05, 0) is 54.0 Å². The van der Waals surface area contributed by atoms with Crippen molar-refractivity contribution in [2.24, 2.45) is 0 Å². The number of rotatable bonds is 5. The number of hydrogen-bond donors (Lipinski definition) is 1. The first-order chi connectivity index (χ1) is 8.42. The van der Waals surface area contributed by atoms with E-state index in [1.165, 1.54) is 7.11 Å². The van der Waals surface area contributed by atoms with E-state index in [2.05, 4.69) is 29.2 Å². The van der Waals surface area contributed by atoms with E-state index < -0.39 is 5.54 Å². The zero-order valence-corrected chi connectivity index (χ0v) is 12.3. The number of likely N-dealkylation sites (N-methyl/N-ethyl adjacent to an activating group) is 1. The van der Waals surface area contributed by atoms with Crippen LogP contribution in [0.5, 0.6) is 0 Å². The van der Waals surface area contributed by atoms with Crippen LogP contribution in [0.25, 0.3) is 0 Å².